The number of allylic oxidation sites excluding steroid dienone is 3. The molecule has 3 aliphatic rings. The standard InChI is InChI=1S/C91H173NO18/c1-3-5-7-9-11-13-15-17-19-21-23-25-27-29-31-33-34-35-36-37-38-39-40-41-43-45-47-49-51-53-55-57-59-61-63-65-67-69-79(97)92-74(75(96)68-66-64-62-60-58-56-54-52-50-48-46-44-42-32-30-28-26-24-22-20-18-16-14-12-10-8-6-4-2)73-105-89-85(103)82(100)87(77(71-94)107-89)110-91-86(104)83(101)88(78(72-95)108-91)109-90-84(102)81(99)80(98)76(70-93)106-90/h21,23,66,68,74-78,80-91,93-96,98-104H,3-20,22,24-65,67,69-73H2,1-2H3,(H,92,97)/b23-21-,68-66+. The van der Waals surface area contributed by atoms with E-state index in [0.717, 1.165) is 44.9 Å². The average Bonchev–Trinajstić information content (AvgIpc) is 0.784. The Balaban J connectivity index is 1.31. The molecule has 17 unspecified atom stereocenters. The van der Waals surface area contributed by atoms with E-state index in [4.69, 9.17) is 28.4 Å². The van der Waals surface area contributed by atoms with Crippen LogP contribution in [0.2, 0.25) is 0 Å². The van der Waals surface area contributed by atoms with E-state index in [2.05, 4.69) is 31.3 Å². The molecule has 12 N–H and O–H groups in total. The second-order valence-corrected chi connectivity index (χ2v) is 33.5. The van der Waals surface area contributed by atoms with Crippen molar-refractivity contribution in [2.45, 2.75) is 523 Å². The Kier molecular flexibility index (Phi) is 66.5. The lowest BCUT2D eigenvalue weighted by molar-refractivity contribution is -0.379. The normalized spacial score (nSPS) is 25.2. The predicted octanol–water partition coefficient (Wildman–Crippen LogP) is 18.0. The number of amides is 1. The number of carbonyl (C=O) groups is 1. The Labute approximate surface area is 670 Å². The van der Waals surface area contributed by atoms with E-state index in [1.807, 2.05) is 6.08 Å². The molecule has 0 aromatic carbocycles. The molecule has 110 heavy (non-hydrogen) atoms. The summed E-state index contributed by atoms with van der Waals surface area (Å²) in [5.74, 6) is -0.265. The maximum atomic E-state index is 13.5. The summed E-state index contributed by atoms with van der Waals surface area (Å²) in [6, 6.07) is -0.972. The highest BCUT2D eigenvalue weighted by atomic mass is 16.8. The molecule has 0 aromatic heterocycles. The van der Waals surface area contributed by atoms with Gasteiger partial charge in [-0.15, -0.1) is 0 Å². The van der Waals surface area contributed by atoms with E-state index in [1.54, 1.807) is 6.08 Å². The van der Waals surface area contributed by atoms with Gasteiger partial charge in [0.25, 0.3) is 0 Å². The second-order valence-electron chi connectivity index (χ2n) is 33.5. The number of aliphatic hydroxyl groups excluding tert-OH is 11. The minimum Gasteiger partial charge on any atom is -0.394 e. The van der Waals surface area contributed by atoms with Gasteiger partial charge in [-0.2, -0.15) is 0 Å². The molecular weight excluding hydrogens is 1390 g/mol. The van der Waals surface area contributed by atoms with Crippen LogP contribution in [0.4, 0.5) is 0 Å². The topological polar surface area (TPSA) is 307 Å². The minimum atomic E-state index is -1.98. The monoisotopic (exact) mass is 1570 g/mol. The molecule has 17 atom stereocenters. The van der Waals surface area contributed by atoms with Gasteiger partial charge in [-0.25, -0.2) is 0 Å². The third kappa shape index (κ3) is 49.5. The molecule has 0 bridgehead atoms. The number of nitrogens with one attached hydrogen (secondary N) is 1. The molecule has 3 aliphatic heterocycles. The number of aliphatic hydroxyl groups is 11. The summed E-state index contributed by atoms with van der Waals surface area (Å²) >= 11 is 0. The van der Waals surface area contributed by atoms with Gasteiger partial charge >= 0.3 is 0 Å². The fourth-order valence-electron chi connectivity index (χ4n) is 16.1. The number of hydrogen-bond acceptors (Lipinski definition) is 18. The number of ether oxygens (including phenoxy) is 6. The van der Waals surface area contributed by atoms with Crippen molar-refractivity contribution in [3.63, 3.8) is 0 Å². The van der Waals surface area contributed by atoms with Gasteiger partial charge in [0.15, 0.2) is 18.9 Å². The second kappa shape index (κ2) is 71.4. The molecule has 3 saturated heterocycles. The molecule has 19 heteroatoms. The van der Waals surface area contributed by atoms with Crippen molar-refractivity contribution in [2.75, 3.05) is 26.4 Å². The van der Waals surface area contributed by atoms with E-state index in [9.17, 15) is 61.0 Å². The highest BCUT2D eigenvalue weighted by Crippen LogP contribution is 2.34. The van der Waals surface area contributed by atoms with Crippen LogP contribution in [0.15, 0.2) is 24.3 Å². The van der Waals surface area contributed by atoms with Crippen LogP contribution in [-0.2, 0) is 33.2 Å². The van der Waals surface area contributed by atoms with Crippen LogP contribution in [0.5, 0.6) is 0 Å². The summed E-state index contributed by atoms with van der Waals surface area (Å²) in [4.78, 5) is 13.5. The van der Waals surface area contributed by atoms with Gasteiger partial charge in [0.2, 0.25) is 5.91 Å². The van der Waals surface area contributed by atoms with Crippen molar-refractivity contribution in [1.29, 1.82) is 0 Å². The van der Waals surface area contributed by atoms with Crippen molar-refractivity contribution in [3.05, 3.63) is 24.3 Å². The van der Waals surface area contributed by atoms with E-state index in [-0.39, 0.29) is 18.9 Å². The zero-order valence-corrected chi connectivity index (χ0v) is 70.3. The van der Waals surface area contributed by atoms with Crippen LogP contribution in [-0.4, -0.2) is 193 Å². The number of rotatable bonds is 77. The van der Waals surface area contributed by atoms with Crippen molar-refractivity contribution in [3.8, 4) is 0 Å². The van der Waals surface area contributed by atoms with Crippen molar-refractivity contribution in [2.24, 2.45) is 0 Å². The molecule has 3 fully saturated rings. The fraction of sp³-hybridized carbons (Fsp3) is 0.945. The van der Waals surface area contributed by atoms with E-state index >= 15 is 0 Å². The lowest BCUT2D eigenvalue weighted by atomic mass is 9.96. The lowest BCUT2D eigenvalue weighted by Gasteiger charge is -2.48. The molecule has 3 rings (SSSR count). The third-order valence-corrected chi connectivity index (χ3v) is 23.5. The van der Waals surface area contributed by atoms with Crippen LogP contribution >= 0.6 is 0 Å². The third-order valence-electron chi connectivity index (χ3n) is 23.5. The molecular formula is C91H173NO18. The quantitative estimate of drug-likeness (QED) is 0.0199. The van der Waals surface area contributed by atoms with E-state index < -0.39 is 124 Å². The molecule has 0 aliphatic carbocycles. The molecule has 0 spiro atoms. The maximum Gasteiger partial charge on any atom is 0.220 e. The summed E-state index contributed by atoms with van der Waals surface area (Å²) in [5, 5.41) is 121. The van der Waals surface area contributed by atoms with Crippen LogP contribution in [0.3, 0.4) is 0 Å². The molecule has 0 aromatic rings. The summed E-state index contributed by atoms with van der Waals surface area (Å²) in [7, 11) is 0. The summed E-state index contributed by atoms with van der Waals surface area (Å²) in [6.07, 6.45) is 63.4. The van der Waals surface area contributed by atoms with Gasteiger partial charge in [0.05, 0.1) is 38.6 Å². The van der Waals surface area contributed by atoms with Crippen LogP contribution < -0.4 is 5.32 Å². The van der Waals surface area contributed by atoms with E-state index in [1.165, 1.54) is 347 Å². The molecule has 0 saturated carbocycles. The van der Waals surface area contributed by atoms with Crippen LogP contribution in [0, 0.1) is 0 Å². The lowest BCUT2D eigenvalue weighted by Crippen LogP contribution is -2.66. The molecule has 3 heterocycles. The Morgan fingerprint density at radius 1 is 0.318 bits per heavy atom. The zero-order valence-electron chi connectivity index (χ0n) is 70.3. The Morgan fingerprint density at radius 2 is 0.573 bits per heavy atom. The van der Waals surface area contributed by atoms with Gasteiger partial charge < -0.3 is 89.9 Å². The highest BCUT2D eigenvalue weighted by Gasteiger charge is 2.54. The fourth-order valence-corrected chi connectivity index (χ4v) is 16.1. The van der Waals surface area contributed by atoms with Gasteiger partial charge in [-0.1, -0.05) is 391 Å². The first-order chi connectivity index (χ1) is 53.8. The summed E-state index contributed by atoms with van der Waals surface area (Å²) in [6.45, 7) is 1.82. The smallest absolute Gasteiger partial charge is 0.220 e. The summed E-state index contributed by atoms with van der Waals surface area (Å²) < 4.78 is 34.6. The predicted molar refractivity (Wildman–Crippen MR) is 443 cm³/mol. The van der Waals surface area contributed by atoms with Gasteiger partial charge in [-0.3, -0.25) is 4.79 Å². The minimum absolute atomic E-state index is 0.249. The molecule has 19 nitrogen and oxygen atoms in total. The first-order valence-corrected chi connectivity index (χ1v) is 46.6. The van der Waals surface area contributed by atoms with Crippen molar-refractivity contribution < 1.29 is 89.4 Å². The van der Waals surface area contributed by atoms with Crippen LogP contribution in [0.25, 0.3) is 0 Å². The number of unbranched alkanes of at least 4 members (excludes halogenated alkanes) is 59. The Bertz CT molecular complexity index is 2070. The first kappa shape index (κ1) is 102. The SMILES string of the molecule is CCCCCCCCCC/C=C\CCCCCCCCCCCCCCCCCCCCCCCCCCCC(=O)NC(COC1OC(CO)C(OC2OC(CO)C(OC3OC(CO)C(O)C(O)C3O)C(O)C2O)C(O)C1O)C(O)/C=C/CCCCCCCCCCCCCCCCCCCCCCCCCCCC. The molecule has 1 amide bonds. The van der Waals surface area contributed by atoms with Gasteiger partial charge in [-0.05, 0) is 44.9 Å². The average molecular weight is 1570 g/mol. The van der Waals surface area contributed by atoms with Gasteiger partial charge in [0, 0.05) is 6.42 Å². The number of carbonyl (C=O) groups excluding carboxylic acids is 1. The Hall–Kier alpha value is -1.73. The van der Waals surface area contributed by atoms with Crippen molar-refractivity contribution >= 4 is 5.91 Å². The zero-order chi connectivity index (χ0) is 79.5. The molecule has 650 valence electrons. The highest BCUT2D eigenvalue weighted by molar-refractivity contribution is 5.76. The largest absolute Gasteiger partial charge is 0.394 e. The van der Waals surface area contributed by atoms with Gasteiger partial charge in [0.1, 0.15) is 73.2 Å². The van der Waals surface area contributed by atoms with Crippen LogP contribution in [0.1, 0.15) is 418 Å². The maximum absolute atomic E-state index is 13.5. The van der Waals surface area contributed by atoms with Crippen molar-refractivity contribution in [1.82, 2.24) is 5.32 Å². The summed E-state index contributed by atoms with van der Waals surface area (Å²) in [5.41, 5.74) is 0. The number of hydrogen-bond donors (Lipinski definition) is 12. The van der Waals surface area contributed by atoms with E-state index in [0.29, 0.717) is 6.42 Å². The molecule has 0 radical (unpaired) electrons. The first-order valence-electron chi connectivity index (χ1n) is 46.6. The Morgan fingerprint density at radius 3 is 0.882 bits per heavy atom.